The fourth-order valence-electron chi connectivity index (χ4n) is 5.71. The molecule has 10 heteroatoms. The highest BCUT2D eigenvalue weighted by Gasteiger charge is 2.73. The molecule has 1 fully saturated rings. The molecule has 0 saturated carbocycles. The zero-order valence-corrected chi connectivity index (χ0v) is 25.6. The number of likely N-dealkylation sites (N-methyl/N-ethyl adjacent to an activating group) is 1. The number of hydrogen-bond acceptors (Lipinski definition) is 7. The summed E-state index contributed by atoms with van der Waals surface area (Å²) in [5.74, 6) is -0.646. The smallest absolute Gasteiger partial charge is 0.335 e. The first-order chi connectivity index (χ1) is 19.6. The predicted octanol–water partition coefficient (Wildman–Crippen LogP) is 7.50. The summed E-state index contributed by atoms with van der Waals surface area (Å²) >= 11 is 14.0. The van der Waals surface area contributed by atoms with Gasteiger partial charge in [0.25, 0.3) is 0 Å². The fourth-order valence-corrected chi connectivity index (χ4v) is 7.76. The number of hydrogen-bond donors (Lipinski definition) is 0. The number of ether oxygens (including phenoxy) is 2. The third-order valence-corrected chi connectivity index (χ3v) is 9.76. The van der Waals surface area contributed by atoms with Crippen LogP contribution in [0.5, 0.6) is 0 Å². The maximum Gasteiger partial charge on any atom is 0.335 e. The number of anilines is 2. The van der Waals surface area contributed by atoms with Gasteiger partial charge in [-0.2, -0.15) is 0 Å². The highest BCUT2D eigenvalue weighted by molar-refractivity contribution is 8.01. The standard InChI is InChI=1S/C31H29Cl2N3O4S/c1-6-35-24-9-7-8-10-25(24)41-31(35)26(19(2)27(37)39-4)36(23-17-13-21(33)14-18-23)28(30(31,3)29(38)40-5)34-22-15-11-20(32)12-16-22/h7-18H,6H2,1-5H3/b26-19+,34-28?/t30-,31-/m0/s1. The molecule has 0 bridgehead atoms. The molecule has 2 atom stereocenters. The van der Waals surface area contributed by atoms with Gasteiger partial charge in [0.1, 0.15) is 5.84 Å². The molecule has 7 nitrogen and oxygen atoms in total. The number of thioether (sulfide) groups is 1. The van der Waals surface area contributed by atoms with Gasteiger partial charge in [0, 0.05) is 27.2 Å². The van der Waals surface area contributed by atoms with E-state index in [-0.39, 0.29) is 0 Å². The molecule has 5 rings (SSSR count). The molecule has 41 heavy (non-hydrogen) atoms. The Morgan fingerprint density at radius 1 is 0.927 bits per heavy atom. The van der Waals surface area contributed by atoms with Crippen molar-refractivity contribution in [1.82, 2.24) is 0 Å². The average Bonchev–Trinajstić information content (AvgIpc) is 3.43. The van der Waals surface area contributed by atoms with E-state index in [9.17, 15) is 9.59 Å². The number of methoxy groups -OCH3 is 2. The summed E-state index contributed by atoms with van der Waals surface area (Å²) in [6.45, 7) is 6.09. The van der Waals surface area contributed by atoms with Crippen molar-refractivity contribution >= 4 is 69.8 Å². The number of carbonyl (C=O) groups excluding carboxylic acids is 2. The second kappa shape index (κ2) is 11.1. The second-order valence-corrected chi connectivity index (χ2v) is 11.9. The summed E-state index contributed by atoms with van der Waals surface area (Å²) in [7, 11) is 2.71. The lowest BCUT2D eigenvalue weighted by atomic mass is 9.80. The van der Waals surface area contributed by atoms with Gasteiger partial charge < -0.3 is 14.4 Å². The first kappa shape index (κ1) is 29.0. The monoisotopic (exact) mass is 609 g/mol. The largest absolute Gasteiger partial charge is 0.468 e. The first-order valence-electron chi connectivity index (χ1n) is 13.0. The highest BCUT2D eigenvalue weighted by atomic mass is 35.5. The Labute approximate surface area is 253 Å². The minimum absolute atomic E-state index is 0.331. The molecule has 2 aliphatic rings. The molecule has 2 aliphatic heterocycles. The van der Waals surface area contributed by atoms with Crippen molar-refractivity contribution < 1.29 is 19.1 Å². The number of amidine groups is 1. The van der Waals surface area contributed by atoms with E-state index >= 15 is 0 Å². The number of halogens is 2. The number of carbonyl (C=O) groups is 2. The Morgan fingerprint density at radius 2 is 1.54 bits per heavy atom. The minimum Gasteiger partial charge on any atom is -0.468 e. The van der Waals surface area contributed by atoms with Crippen LogP contribution in [0.25, 0.3) is 0 Å². The van der Waals surface area contributed by atoms with Gasteiger partial charge in [-0.1, -0.05) is 47.1 Å². The van der Waals surface area contributed by atoms with Crippen LogP contribution in [0.2, 0.25) is 10.0 Å². The van der Waals surface area contributed by atoms with Crippen molar-refractivity contribution in [2.75, 3.05) is 30.6 Å². The molecule has 0 N–H and O–H groups in total. The molecule has 0 radical (unpaired) electrons. The van der Waals surface area contributed by atoms with Crippen LogP contribution in [0.1, 0.15) is 20.8 Å². The molecule has 2 heterocycles. The summed E-state index contributed by atoms with van der Waals surface area (Å²) in [6, 6.07) is 22.2. The van der Waals surface area contributed by atoms with E-state index in [0.29, 0.717) is 45.1 Å². The predicted molar refractivity (Wildman–Crippen MR) is 165 cm³/mol. The lowest BCUT2D eigenvalue weighted by molar-refractivity contribution is -0.148. The first-order valence-corrected chi connectivity index (χ1v) is 14.6. The van der Waals surface area contributed by atoms with Crippen LogP contribution in [-0.4, -0.2) is 43.4 Å². The van der Waals surface area contributed by atoms with E-state index < -0.39 is 22.2 Å². The molecule has 3 aromatic carbocycles. The molecule has 1 saturated heterocycles. The van der Waals surface area contributed by atoms with Crippen molar-refractivity contribution in [1.29, 1.82) is 0 Å². The average molecular weight is 611 g/mol. The van der Waals surface area contributed by atoms with Gasteiger partial charge >= 0.3 is 11.9 Å². The summed E-state index contributed by atoms with van der Waals surface area (Å²) in [6.07, 6.45) is 0. The van der Waals surface area contributed by atoms with Crippen LogP contribution in [0.3, 0.4) is 0 Å². The normalized spacial score (nSPS) is 23.6. The van der Waals surface area contributed by atoms with Gasteiger partial charge in [0.15, 0.2) is 10.3 Å². The van der Waals surface area contributed by atoms with Gasteiger partial charge in [0.05, 0.1) is 36.9 Å². The third-order valence-electron chi connectivity index (χ3n) is 7.58. The van der Waals surface area contributed by atoms with E-state index in [2.05, 4.69) is 4.90 Å². The molecular weight excluding hydrogens is 581 g/mol. The Morgan fingerprint density at radius 3 is 2.12 bits per heavy atom. The lowest BCUT2D eigenvalue weighted by Crippen LogP contribution is -2.59. The summed E-state index contributed by atoms with van der Waals surface area (Å²) in [4.78, 5) is 36.5. The van der Waals surface area contributed by atoms with Crippen molar-refractivity contribution in [3.05, 3.63) is 94.1 Å². The number of benzene rings is 3. The van der Waals surface area contributed by atoms with Gasteiger partial charge in [-0.3, -0.25) is 9.69 Å². The Bertz CT molecular complexity index is 1570. The fraction of sp³-hybridized carbons (Fsp3) is 0.258. The Kier molecular flexibility index (Phi) is 7.85. The van der Waals surface area contributed by atoms with Crippen LogP contribution < -0.4 is 9.80 Å². The topological polar surface area (TPSA) is 71.4 Å². The van der Waals surface area contributed by atoms with E-state index in [0.717, 1.165) is 10.6 Å². The van der Waals surface area contributed by atoms with E-state index in [1.54, 1.807) is 43.3 Å². The third kappa shape index (κ3) is 4.40. The quantitative estimate of drug-likeness (QED) is 0.219. The molecular formula is C31H29Cl2N3O4S. The van der Waals surface area contributed by atoms with E-state index in [1.807, 2.05) is 55.1 Å². The van der Waals surface area contributed by atoms with Gasteiger partial charge in [-0.25, -0.2) is 9.79 Å². The molecule has 0 aromatic heterocycles. The molecule has 212 valence electrons. The SMILES string of the molecule is CCN1c2ccccc2S[C@]12/C(=C(/C)C(=O)OC)N(c1ccc(Cl)cc1)C(=Nc1ccc(Cl)cc1)[C@@]2(C)C(=O)OC. The number of aliphatic imine (C=N–C) groups is 1. The molecule has 0 unspecified atom stereocenters. The molecule has 3 aromatic rings. The van der Waals surface area contributed by atoms with Crippen LogP contribution in [0.15, 0.2) is 94.0 Å². The number of esters is 2. The number of rotatable bonds is 5. The summed E-state index contributed by atoms with van der Waals surface area (Å²) in [5.41, 5.74) is 1.64. The van der Waals surface area contributed by atoms with Crippen molar-refractivity contribution in [2.24, 2.45) is 10.4 Å². The van der Waals surface area contributed by atoms with E-state index in [1.165, 1.54) is 26.0 Å². The van der Waals surface area contributed by atoms with E-state index in [4.69, 9.17) is 37.7 Å². The highest BCUT2D eigenvalue weighted by Crippen LogP contribution is 2.67. The number of fused-ring (bicyclic) bond motifs is 1. The zero-order chi connectivity index (χ0) is 29.5. The van der Waals surface area contributed by atoms with Crippen LogP contribution >= 0.6 is 35.0 Å². The van der Waals surface area contributed by atoms with Gasteiger partial charge in [-0.05, 0) is 81.4 Å². The van der Waals surface area contributed by atoms with Crippen molar-refractivity contribution in [3.63, 3.8) is 0 Å². The molecule has 0 aliphatic carbocycles. The van der Waals surface area contributed by atoms with Crippen LogP contribution in [0, 0.1) is 5.41 Å². The van der Waals surface area contributed by atoms with Crippen LogP contribution in [0.4, 0.5) is 17.1 Å². The summed E-state index contributed by atoms with van der Waals surface area (Å²) in [5, 5.41) is 1.10. The van der Waals surface area contributed by atoms with Crippen molar-refractivity contribution in [3.8, 4) is 0 Å². The Hall–Kier alpha value is -3.46. The maximum absolute atomic E-state index is 14.3. The lowest BCUT2D eigenvalue weighted by Gasteiger charge is -2.44. The minimum atomic E-state index is -1.43. The second-order valence-electron chi connectivity index (χ2n) is 9.76. The number of nitrogens with zero attached hydrogens (tertiary/aromatic N) is 3. The molecule has 1 spiro atoms. The zero-order valence-electron chi connectivity index (χ0n) is 23.3. The maximum atomic E-state index is 14.3. The van der Waals surface area contributed by atoms with Gasteiger partial charge in [0.2, 0.25) is 0 Å². The molecule has 0 amide bonds. The summed E-state index contributed by atoms with van der Waals surface area (Å²) < 4.78 is 10.8. The Balaban J connectivity index is 1.96. The van der Waals surface area contributed by atoms with Crippen LogP contribution in [-0.2, 0) is 19.1 Å². The van der Waals surface area contributed by atoms with Gasteiger partial charge in [-0.15, -0.1) is 0 Å². The van der Waals surface area contributed by atoms with Crippen molar-refractivity contribution in [2.45, 2.75) is 30.5 Å². The number of para-hydroxylation sites is 1.